The van der Waals surface area contributed by atoms with E-state index in [2.05, 4.69) is 37.3 Å². The van der Waals surface area contributed by atoms with Crippen LogP contribution in [-0.4, -0.2) is 94.3 Å². The lowest BCUT2D eigenvalue weighted by atomic mass is 10.1. The Labute approximate surface area is 237 Å². The highest BCUT2D eigenvalue weighted by atomic mass is 19.1. The lowest BCUT2D eigenvalue weighted by Gasteiger charge is -2.37. The Balaban J connectivity index is 1.28. The fourth-order valence-corrected chi connectivity index (χ4v) is 5.27. The topological polar surface area (TPSA) is 102 Å². The molecular weight excluding hydrogens is 527 g/mol. The van der Waals surface area contributed by atoms with Gasteiger partial charge in [0.25, 0.3) is 5.91 Å². The van der Waals surface area contributed by atoms with E-state index in [0.717, 1.165) is 68.3 Å². The Morgan fingerprint density at radius 3 is 2.61 bits per heavy atom. The van der Waals surface area contributed by atoms with Gasteiger partial charge in [-0.2, -0.15) is 0 Å². The summed E-state index contributed by atoms with van der Waals surface area (Å²) in [5, 5.41) is 11.6. The number of nitrogens with zero attached hydrogens (tertiary/aromatic N) is 7. The molecule has 12 heteroatoms. The lowest BCUT2D eigenvalue weighted by molar-refractivity contribution is 0.0749. The van der Waals surface area contributed by atoms with Crippen LogP contribution in [0.3, 0.4) is 0 Å². The van der Waals surface area contributed by atoms with Crippen LogP contribution in [0.2, 0.25) is 0 Å². The number of piperazine rings is 1. The van der Waals surface area contributed by atoms with E-state index in [9.17, 15) is 9.18 Å². The molecule has 1 aliphatic heterocycles. The van der Waals surface area contributed by atoms with Gasteiger partial charge in [-0.3, -0.25) is 14.1 Å². The van der Waals surface area contributed by atoms with Gasteiger partial charge in [-0.25, -0.2) is 14.1 Å². The predicted molar refractivity (Wildman–Crippen MR) is 152 cm³/mol. The van der Waals surface area contributed by atoms with E-state index < -0.39 is 11.7 Å². The fourth-order valence-electron chi connectivity index (χ4n) is 5.27. The molecule has 1 aliphatic carbocycles. The molecule has 41 heavy (non-hydrogen) atoms. The van der Waals surface area contributed by atoms with Gasteiger partial charge < -0.3 is 19.7 Å². The molecule has 11 nitrogen and oxygen atoms in total. The van der Waals surface area contributed by atoms with Crippen LogP contribution >= 0.6 is 0 Å². The minimum atomic E-state index is -0.554. The molecule has 2 aliphatic rings. The van der Waals surface area contributed by atoms with E-state index in [4.69, 9.17) is 9.47 Å². The van der Waals surface area contributed by atoms with Gasteiger partial charge in [-0.15, -0.1) is 5.10 Å². The molecule has 0 unspecified atom stereocenters. The molecule has 0 bridgehead atoms. The molecule has 3 aromatic heterocycles. The molecule has 0 radical (unpaired) electrons. The monoisotopic (exact) mass is 562 g/mol. The van der Waals surface area contributed by atoms with E-state index in [1.54, 1.807) is 38.2 Å². The highest BCUT2D eigenvalue weighted by Crippen LogP contribution is 2.33. The van der Waals surface area contributed by atoms with Crippen LogP contribution in [0.4, 0.5) is 10.1 Å². The Morgan fingerprint density at radius 1 is 1.12 bits per heavy atom. The average molecular weight is 563 g/mol. The number of aromatic nitrogens is 5. The molecule has 1 atom stereocenters. The van der Waals surface area contributed by atoms with Gasteiger partial charge >= 0.3 is 0 Å². The summed E-state index contributed by atoms with van der Waals surface area (Å²) in [6.07, 6.45) is 7.60. The summed E-state index contributed by atoms with van der Waals surface area (Å²) >= 11 is 0. The number of anilines is 1. The second kappa shape index (κ2) is 11.1. The Hall–Kier alpha value is -4.03. The van der Waals surface area contributed by atoms with Crippen molar-refractivity contribution in [3.05, 3.63) is 53.7 Å². The molecule has 1 saturated heterocycles. The molecule has 4 heterocycles. The maximum Gasteiger partial charge on any atom is 0.254 e. The van der Waals surface area contributed by atoms with Crippen molar-refractivity contribution in [2.45, 2.75) is 38.8 Å². The number of hydrogen-bond acceptors (Lipinski definition) is 8. The smallest absolute Gasteiger partial charge is 0.254 e. The lowest BCUT2D eigenvalue weighted by Crippen LogP contribution is -2.48. The standard InChI is InChI=1S/C29H35FN8O3/c1-18-11-22(30)21(29(39)32-20-5-6-20)12-24(18)38-16-23(33-34-38)25-14-31-28-13-27(41-4)26(17-37(25)28)36-9-7-35(8-10-36)15-19(2)40-3/h11-14,16-17,19-20H,5-10,15H2,1-4H3,(H,32,39)/t19-/m1/s1. The summed E-state index contributed by atoms with van der Waals surface area (Å²) in [5.41, 5.74) is 4.28. The third kappa shape index (κ3) is 5.49. The molecular formula is C29H35FN8O3. The number of ether oxygens (including phenoxy) is 2. The number of amides is 1. The van der Waals surface area contributed by atoms with Crippen LogP contribution in [0.25, 0.3) is 22.7 Å². The van der Waals surface area contributed by atoms with Crippen LogP contribution in [0.5, 0.6) is 5.75 Å². The summed E-state index contributed by atoms with van der Waals surface area (Å²) in [7, 11) is 3.42. The summed E-state index contributed by atoms with van der Waals surface area (Å²) in [4.78, 5) is 21.9. The quantitative estimate of drug-likeness (QED) is 0.332. The van der Waals surface area contributed by atoms with Crippen LogP contribution in [0.15, 0.2) is 36.8 Å². The first-order chi connectivity index (χ1) is 19.8. The van der Waals surface area contributed by atoms with Crippen molar-refractivity contribution in [1.82, 2.24) is 34.6 Å². The second-order valence-corrected chi connectivity index (χ2v) is 10.8. The number of carbonyl (C=O) groups excluding carboxylic acids is 1. The van der Waals surface area contributed by atoms with Crippen molar-refractivity contribution in [2.75, 3.05) is 51.8 Å². The molecule has 1 aromatic carbocycles. The van der Waals surface area contributed by atoms with Crippen molar-refractivity contribution < 1.29 is 18.7 Å². The summed E-state index contributed by atoms with van der Waals surface area (Å²) < 4.78 is 29.4. The van der Waals surface area contributed by atoms with E-state index in [1.807, 2.05) is 16.7 Å². The number of nitrogens with one attached hydrogen (secondary N) is 1. The first-order valence-corrected chi connectivity index (χ1v) is 13.9. The van der Waals surface area contributed by atoms with Crippen LogP contribution < -0.4 is 15.0 Å². The zero-order valence-electron chi connectivity index (χ0n) is 23.8. The molecule has 1 amide bonds. The second-order valence-electron chi connectivity index (χ2n) is 10.8. The van der Waals surface area contributed by atoms with Crippen LogP contribution in [0.1, 0.15) is 35.7 Å². The normalized spacial score (nSPS) is 16.8. The van der Waals surface area contributed by atoms with Crippen molar-refractivity contribution >= 4 is 17.2 Å². The number of benzene rings is 1. The molecule has 1 saturated carbocycles. The number of rotatable bonds is 9. The molecule has 2 fully saturated rings. The number of hydrogen-bond donors (Lipinski definition) is 1. The molecule has 0 spiro atoms. The largest absolute Gasteiger partial charge is 0.494 e. The van der Waals surface area contributed by atoms with Gasteiger partial charge in [-0.05, 0) is 44.4 Å². The van der Waals surface area contributed by atoms with E-state index in [1.165, 1.54) is 12.1 Å². The minimum absolute atomic E-state index is 0.00198. The van der Waals surface area contributed by atoms with Gasteiger partial charge in [0, 0.05) is 58.1 Å². The van der Waals surface area contributed by atoms with Crippen molar-refractivity contribution in [2.24, 2.45) is 0 Å². The van der Waals surface area contributed by atoms with Crippen molar-refractivity contribution in [3.63, 3.8) is 0 Å². The minimum Gasteiger partial charge on any atom is -0.494 e. The highest BCUT2D eigenvalue weighted by Gasteiger charge is 2.26. The van der Waals surface area contributed by atoms with E-state index in [-0.39, 0.29) is 17.7 Å². The maximum absolute atomic E-state index is 14.7. The summed E-state index contributed by atoms with van der Waals surface area (Å²) in [6.45, 7) is 8.35. The van der Waals surface area contributed by atoms with E-state index >= 15 is 0 Å². The third-order valence-corrected chi connectivity index (χ3v) is 7.89. The number of fused-ring (bicyclic) bond motifs is 1. The number of methoxy groups -OCH3 is 2. The SMILES string of the molecule is COc1cc2ncc(-c3cn(-c4cc(C(=O)NC5CC5)c(F)cc4C)nn3)n2cc1N1CCN(C[C@@H](C)OC)CC1. The molecule has 4 aromatic rings. The Bertz CT molecular complexity index is 1570. The highest BCUT2D eigenvalue weighted by molar-refractivity contribution is 5.95. The summed E-state index contributed by atoms with van der Waals surface area (Å²) in [5.74, 6) is -0.207. The molecule has 1 N–H and O–H groups in total. The predicted octanol–water partition coefficient (Wildman–Crippen LogP) is 3.09. The fraction of sp³-hybridized carbons (Fsp3) is 0.448. The molecule has 216 valence electrons. The van der Waals surface area contributed by atoms with Crippen molar-refractivity contribution in [3.8, 4) is 22.8 Å². The Morgan fingerprint density at radius 2 is 1.90 bits per heavy atom. The number of imidazole rings is 1. The first kappa shape index (κ1) is 27.2. The van der Waals surface area contributed by atoms with E-state index in [0.29, 0.717) is 16.9 Å². The van der Waals surface area contributed by atoms with Gasteiger partial charge in [0.2, 0.25) is 0 Å². The van der Waals surface area contributed by atoms with Gasteiger partial charge in [0.1, 0.15) is 22.9 Å². The number of halogens is 1. The van der Waals surface area contributed by atoms with Crippen LogP contribution in [-0.2, 0) is 4.74 Å². The third-order valence-electron chi connectivity index (χ3n) is 7.89. The zero-order chi connectivity index (χ0) is 28.7. The average Bonchev–Trinajstić information content (AvgIpc) is 3.48. The zero-order valence-corrected chi connectivity index (χ0v) is 23.8. The first-order valence-electron chi connectivity index (χ1n) is 13.9. The number of aryl methyl sites for hydroxylation is 1. The maximum atomic E-state index is 14.7. The molecule has 6 rings (SSSR count). The Kier molecular flexibility index (Phi) is 7.35. The summed E-state index contributed by atoms with van der Waals surface area (Å²) in [6, 6.07) is 4.95. The number of carbonyl (C=O) groups is 1. The van der Waals surface area contributed by atoms with Gasteiger partial charge in [0.15, 0.2) is 0 Å². The van der Waals surface area contributed by atoms with Crippen LogP contribution in [0, 0.1) is 12.7 Å². The number of pyridine rings is 1. The van der Waals surface area contributed by atoms with Gasteiger partial charge in [-0.1, -0.05) is 5.21 Å². The van der Waals surface area contributed by atoms with Gasteiger partial charge in [0.05, 0.1) is 48.2 Å². The van der Waals surface area contributed by atoms with Crippen molar-refractivity contribution in [1.29, 1.82) is 0 Å².